The van der Waals surface area contributed by atoms with E-state index in [1.807, 2.05) is 36.4 Å². The monoisotopic (exact) mass is 506 g/mol. The second-order valence-corrected chi connectivity index (χ2v) is 9.37. The Morgan fingerprint density at radius 2 is 1.94 bits per heavy atom. The predicted octanol–water partition coefficient (Wildman–Crippen LogP) is 5.13. The summed E-state index contributed by atoms with van der Waals surface area (Å²) in [6.45, 7) is -0.146. The lowest BCUT2D eigenvalue weighted by Crippen LogP contribution is -2.25. The summed E-state index contributed by atoms with van der Waals surface area (Å²) in [7, 11) is 0. The minimum absolute atomic E-state index is 0.146. The number of aliphatic carboxylic acids is 1. The number of carboxylic acids is 1. The lowest BCUT2D eigenvalue weighted by molar-refractivity contribution is -0.137. The van der Waals surface area contributed by atoms with Crippen molar-refractivity contribution in [2.75, 3.05) is 0 Å². The number of carboxylic acid groups (broad SMARTS) is 1. The van der Waals surface area contributed by atoms with Gasteiger partial charge < -0.3 is 9.67 Å². The van der Waals surface area contributed by atoms with Crippen molar-refractivity contribution in [3.8, 4) is 0 Å². The molecule has 7 nitrogen and oxygen atoms in total. The Hall–Kier alpha value is -3.26. The van der Waals surface area contributed by atoms with E-state index in [-0.39, 0.29) is 18.0 Å². The Morgan fingerprint density at radius 1 is 1.15 bits per heavy atom. The molecule has 0 unspecified atom stereocenters. The maximum absolute atomic E-state index is 13.5. The molecule has 0 spiro atoms. The van der Waals surface area contributed by atoms with Gasteiger partial charge >= 0.3 is 5.97 Å². The molecule has 168 valence electrons. The molecule has 33 heavy (non-hydrogen) atoms. The van der Waals surface area contributed by atoms with Crippen LogP contribution in [0.25, 0.3) is 21.8 Å². The van der Waals surface area contributed by atoms with Crippen molar-refractivity contribution < 1.29 is 9.90 Å². The number of halogens is 1. The number of fused-ring (bicyclic) bond motifs is 2. The number of carbonyl (C=O) groups is 1. The summed E-state index contributed by atoms with van der Waals surface area (Å²) >= 11 is 3.45. The SMILES string of the molecule is O=C(O)Cn1cc(C=Nn2c(C3CCCCC3)nc3ccc(Br)cc3c2=O)c2ccccc21. The molecule has 0 amide bonds. The number of benzene rings is 2. The van der Waals surface area contributed by atoms with Crippen LogP contribution in [0.1, 0.15) is 49.4 Å². The Labute approximate surface area is 198 Å². The van der Waals surface area contributed by atoms with Gasteiger partial charge in [-0.05, 0) is 37.1 Å². The van der Waals surface area contributed by atoms with Crippen LogP contribution in [0.5, 0.6) is 0 Å². The molecule has 0 bridgehead atoms. The highest BCUT2D eigenvalue weighted by atomic mass is 79.9. The third kappa shape index (κ3) is 4.23. The molecule has 1 aliphatic carbocycles. The summed E-state index contributed by atoms with van der Waals surface area (Å²) in [6, 6.07) is 13.1. The van der Waals surface area contributed by atoms with Crippen LogP contribution in [0.3, 0.4) is 0 Å². The van der Waals surface area contributed by atoms with Crippen LogP contribution in [0.15, 0.2) is 63.0 Å². The van der Waals surface area contributed by atoms with Gasteiger partial charge in [0.15, 0.2) is 0 Å². The summed E-state index contributed by atoms with van der Waals surface area (Å²) in [4.78, 5) is 29.7. The molecule has 2 heterocycles. The van der Waals surface area contributed by atoms with Crippen LogP contribution in [0.4, 0.5) is 0 Å². The summed E-state index contributed by atoms with van der Waals surface area (Å²) in [6.07, 6.45) is 8.81. The Bertz CT molecular complexity index is 1450. The molecule has 1 fully saturated rings. The highest BCUT2D eigenvalue weighted by Gasteiger charge is 2.22. The fraction of sp³-hybridized carbons (Fsp3) is 0.280. The van der Waals surface area contributed by atoms with E-state index in [2.05, 4.69) is 21.0 Å². The zero-order valence-electron chi connectivity index (χ0n) is 17.9. The smallest absolute Gasteiger partial charge is 0.323 e. The van der Waals surface area contributed by atoms with Crippen molar-refractivity contribution in [3.05, 3.63) is 74.9 Å². The first-order chi connectivity index (χ1) is 16.0. The molecule has 0 aliphatic heterocycles. The van der Waals surface area contributed by atoms with E-state index in [1.54, 1.807) is 23.0 Å². The van der Waals surface area contributed by atoms with Gasteiger partial charge in [-0.3, -0.25) is 9.59 Å². The number of nitrogens with zero attached hydrogens (tertiary/aromatic N) is 4. The van der Waals surface area contributed by atoms with Crippen LogP contribution >= 0.6 is 15.9 Å². The second kappa shape index (κ2) is 8.94. The van der Waals surface area contributed by atoms with Gasteiger partial charge in [0.1, 0.15) is 12.4 Å². The Morgan fingerprint density at radius 3 is 2.73 bits per heavy atom. The van der Waals surface area contributed by atoms with Crippen LogP contribution in [0, 0.1) is 0 Å². The first kappa shape index (κ1) is 21.6. The molecule has 2 aromatic heterocycles. The fourth-order valence-electron chi connectivity index (χ4n) is 4.68. The standard InChI is InChI=1S/C25H23BrN4O3/c26-18-10-11-21-20(12-18)25(33)30(24(28-21)16-6-2-1-3-7-16)27-13-17-14-29(15-23(31)32)22-9-5-4-8-19(17)22/h4-5,8-14,16H,1-3,6-7,15H2,(H,31,32). The summed E-state index contributed by atoms with van der Waals surface area (Å²) < 4.78 is 3.93. The van der Waals surface area contributed by atoms with Gasteiger partial charge in [-0.2, -0.15) is 9.78 Å². The van der Waals surface area contributed by atoms with Crippen LogP contribution in [-0.2, 0) is 11.3 Å². The minimum atomic E-state index is -0.917. The van der Waals surface area contributed by atoms with Crippen LogP contribution in [-0.4, -0.2) is 31.5 Å². The second-order valence-electron chi connectivity index (χ2n) is 8.45. The quantitative estimate of drug-likeness (QED) is 0.380. The zero-order chi connectivity index (χ0) is 22.9. The largest absolute Gasteiger partial charge is 0.480 e. The summed E-state index contributed by atoms with van der Waals surface area (Å²) in [5.74, 6) is -0.0376. The molecular weight excluding hydrogens is 484 g/mol. The molecule has 1 saturated carbocycles. The van der Waals surface area contributed by atoms with Gasteiger partial charge in [-0.15, -0.1) is 0 Å². The minimum Gasteiger partial charge on any atom is -0.480 e. The number of hydrogen-bond donors (Lipinski definition) is 1. The van der Waals surface area contributed by atoms with E-state index in [1.165, 1.54) is 11.1 Å². The third-order valence-electron chi connectivity index (χ3n) is 6.24. The van der Waals surface area contributed by atoms with Gasteiger partial charge in [-0.25, -0.2) is 4.98 Å². The van der Waals surface area contributed by atoms with Crippen molar-refractivity contribution in [1.29, 1.82) is 0 Å². The number of rotatable bonds is 5. The number of para-hydroxylation sites is 1. The number of hydrogen-bond acceptors (Lipinski definition) is 4. The highest BCUT2D eigenvalue weighted by Crippen LogP contribution is 2.32. The average molecular weight is 507 g/mol. The average Bonchev–Trinajstić information content (AvgIpc) is 3.16. The molecule has 2 aromatic carbocycles. The molecule has 8 heteroatoms. The van der Waals surface area contributed by atoms with Gasteiger partial charge in [0.2, 0.25) is 0 Å². The maximum atomic E-state index is 13.5. The lowest BCUT2D eigenvalue weighted by Gasteiger charge is -2.22. The van der Waals surface area contributed by atoms with Gasteiger partial charge in [0.05, 0.1) is 17.1 Å². The van der Waals surface area contributed by atoms with E-state index < -0.39 is 5.97 Å². The van der Waals surface area contributed by atoms with Crippen LogP contribution in [0.2, 0.25) is 0 Å². The highest BCUT2D eigenvalue weighted by molar-refractivity contribution is 9.10. The molecule has 0 saturated heterocycles. The molecule has 5 rings (SSSR count). The molecule has 1 aliphatic rings. The normalized spacial score (nSPS) is 15.1. The van der Waals surface area contributed by atoms with Crippen molar-refractivity contribution in [3.63, 3.8) is 0 Å². The number of aromatic nitrogens is 3. The first-order valence-corrected chi connectivity index (χ1v) is 11.9. The molecular formula is C25H23BrN4O3. The maximum Gasteiger partial charge on any atom is 0.323 e. The van der Waals surface area contributed by atoms with Crippen molar-refractivity contribution in [2.24, 2.45) is 5.10 Å². The van der Waals surface area contributed by atoms with Gasteiger partial charge in [0, 0.05) is 33.1 Å². The molecule has 0 atom stereocenters. The predicted molar refractivity (Wildman–Crippen MR) is 132 cm³/mol. The van der Waals surface area contributed by atoms with Crippen molar-refractivity contribution >= 4 is 49.9 Å². The van der Waals surface area contributed by atoms with Crippen molar-refractivity contribution in [2.45, 2.75) is 44.6 Å². The van der Waals surface area contributed by atoms with E-state index in [0.717, 1.165) is 46.6 Å². The summed E-state index contributed by atoms with van der Waals surface area (Å²) in [5, 5.41) is 15.3. The topological polar surface area (TPSA) is 89.5 Å². The Balaban J connectivity index is 1.66. The van der Waals surface area contributed by atoms with Crippen molar-refractivity contribution in [1.82, 2.24) is 14.2 Å². The molecule has 0 radical (unpaired) electrons. The van der Waals surface area contributed by atoms with Gasteiger partial charge in [-0.1, -0.05) is 53.4 Å². The van der Waals surface area contributed by atoms with E-state index in [9.17, 15) is 14.7 Å². The van der Waals surface area contributed by atoms with E-state index in [0.29, 0.717) is 16.7 Å². The van der Waals surface area contributed by atoms with Gasteiger partial charge in [0.25, 0.3) is 5.56 Å². The first-order valence-electron chi connectivity index (χ1n) is 11.1. The zero-order valence-corrected chi connectivity index (χ0v) is 19.5. The van der Waals surface area contributed by atoms with E-state index in [4.69, 9.17) is 4.98 Å². The van der Waals surface area contributed by atoms with Crippen LogP contribution < -0.4 is 5.56 Å². The van der Waals surface area contributed by atoms with E-state index >= 15 is 0 Å². The molecule has 1 N–H and O–H groups in total. The third-order valence-corrected chi connectivity index (χ3v) is 6.73. The summed E-state index contributed by atoms with van der Waals surface area (Å²) in [5.41, 5.74) is 2.03. The Kier molecular flexibility index (Phi) is 5.85. The fourth-order valence-corrected chi connectivity index (χ4v) is 5.04. The molecule has 4 aromatic rings. The lowest BCUT2D eigenvalue weighted by atomic mass is 9.88.